The fourth-order valence-electron chi connectivity index (χ4n) is 1.21. The normalized spacial score (nSPS) is 9.18. The van der Waals surface area contributed by atoms with Crippen LogP contribution in [0.15, 0.2) is 18.2 Å². The first-order valence-corrected chi connectivity index (χ1v) is 4.64. The first kappa shape index (κ1) is 12.5. The Labute approximate surface area is 97.7 Å². The van der Waals surface area contributed by atoms with Crippen LogP contribution < -0.4 is 10.1 Å². The number of hydrogen-bond donors (Lipinski definition) is 1. The summed E-state index contributed by atoms with van der Waals surface area (Å²) < 4.78 is 4.82. The number of rotatable bonds is 4. The lowest BCUT2D eigenvalue weighted by atomic mass is 10.1. The van der Waals surface area contributed by atoms with Gasteiger partial charge in [0.1, 0.15) is 0 Å². The molecule has 6 heteroatoms. The van der Waals surface area contributed by atoms with Crippen LogP contribution in [-0.4, -0.2) is 24.5 Å². The Morgan fingerprint density at radius 3 is 2.88 bits per heavy atom. The van der Waals surface area contributed by atoms with E-state index in [1.807, 2.05) is 0 Å². The number of carbonyl (C=O) groups is 1. The second-order valence-electron chi connectivity index (χ2n) is 3.03. The molecule has 0 atom stereocenters. The van der Waals surface area contributed by atoms with Gasteiger partial charge in [0.05, 0.1) is 18.6 Å². The summed E-state index contributed by atoms with van der Waals surface area (Å²) in [6, 6.07) is 3.94. The van der Waals surface area contributed by atoms with Crippen molar-refractivity contribution in [2.45, 2.75) is 0 Å². The number of hydrogen-bond acceptors (Lipinski definition) is 4. The molecule has 0 spiro atoms. The monoisotopic (exact) mass is 234 g/mol. The Kier molecular flexibility index (Phi) is 4.06. The standard InChI is InChI=1S/C11H10N2O4/c1-3-6-12-11(14)8-4-5-10(17-2)9(7-8)13(15)16/h1,4-5,7H,6H2,2H3,(H,12,14). The second-order valence-corrected chi connectivity index (χ2v) is 3.03. The molecule has 17 heavy (non-hydrogen) atoms. The van der Waals surface area contributed by atoms with Gasteiger partial charge in [-0.15, -0.1) is 6.42 Å². The molecule has 0 aliphatic heterocycles. The zero-order valence-electron chi connectivity index (χ0n) is 9.10. The zero-order valence-corrected chi connectivity index (χ0v) is 9.10. The lowest BCUT2D eigenvalue weighted by Gasteiger charge is -2.04. The number of nitrogens with zero attached hydrogens (tertiary/aromatic N) is 1. The number of benzene rings is 1. The maximum Gasteiger partial charge on any atom is 0.311 e. The first-order chi connectivity index (χ1) is 8.10. The molecule has 0 bridgehead atoms. The number of ether oxygens (including phenoxy) is 1. The van der Waals surface area contributed by atoms with Crippen molar-refractivity contribution >= 4 is 11.6 Å². The Morgan fingerprint density at radius 1 is 1.65 bits per heavy atom. The van der Waals surface area contributed by atoms with Crippen molar-refractivity contribution in [1.82, 2.24) is 5.32 Å². The summed E-state index contributed by atoms with van der Waals surface area (Å²) in [5, 5.41) is 13.1. The maximum absolute atomic E-state index is 11.5. The van der Waals surface area contributed by atoms with Crippen LogP contribution in [0.1, 0.15) is 10.4 Å². The Morgan fingerprint density at radius 2 is 2.35 bits per heavy atom. The molecule has 1 rings (SSSR count). The van der Waals surface area contributed by atoms with Gasteiger partial charge in [-0.3, -0.25) is 14.9 Å². The molecule has 0 saturated heterocycles. The summed E-state index contributed by atoms with van der Waals surface area (Å²) in [5.41, 5.74) is -0.103. The first-order valence-electron chi connectivity index (χ1n) is 4.64. The molecular formula is C11H10N2O4. The van der Waals surface area contributed by atoms with Crippen LogP contribution in [0.25, 0.3) is 0 Å². The lowest BCUT2D eigenvalue weighted by Crippen LogP contribution is -2.23. The van der Waals surface area contributed by atoms with E-state index in [0.29, 0.717) is 0 Å². The Bertz CT molecular complexity index is 491. The predicted molar refractivity (Wildman–Crippen MR) is 60.8 cm³/mol. The van der Waals surface area contributed by atoms with Crippen LogP contribution in [0.2, 0.25) is 0 Å². The minimum atomic E-state index is -0.614. The molecule has 0 heterocycles. The Hall–Kier alpha value is -2.55. The minimum absolute atomic E-state index is 0.0681. The zero-order chi connectivity index (χ0) is 12.8. The summed E-state index contributed by atoms with van der Waals surface area (Å²) >= 11 is 0. The van der Waals surface area contributed by atoms with Crippen molar-refractivity contribution in [1.29, 1.82) is 0 Å². The van der Waals surface area contributed by atoms with Gasteiger partial charge in [0.25, 0.3) is 5.91 Å². The lowest BCUT2D eigenvalue weighted by molar-refractivity contribution is -0.385. The van der Waals surface area contributed by atoms with Gasteiger partial charge in [-0.2, -0.15) is 0 Å². The van der Waals surface area contributed by atoms with Crippen molar-refractivity contribution in [3.05, 3.63) is 33.9 Å². The average Bonchev–Trinajstić information content (AvgIpc) is 2.34. The molecular weight excluding hydrogens is 224 g/mol. The van der Waals surface area contributed by atoms with Gasteiger partial charge >= 0.3 is 5.69 Å². The van der Waals surface area contributed by atoms with E-state index in [-0.39, 0.29) is 23.5 Å². The molecule has 1 aromatic rings. The topological polar surface area (TPSA) is 81.5 Å². The van der Waals surface area contributed by atoms with E-state index in [4.69, 9.17) is 11.2 Å². The number of terminal acetylenes is 1. The van der Waals surface area contributed by atoms with Crippen molar-refractivity contribution in [2.75, 3.05) is 13.7 Å². The van der Waals surface area contributed by atoms with Gasteiger partial charge in [0.15, 0.2) is 5.75 Å². The number of nitrogens with one attached hydrogen (secondary N) is 1. The van der Waals surface area contributed by atoms with E-state index < -0.39 is 10.8 Å². The highest BCUT2D eigenvalue weighted by Crippen LogP contribution is 2.27. The molecule has 0 radical (unpaired) electrons. The van der Waals surface area contributed by atoms with Crippen LogP contribution in [0.5, 0.6) is 5.75 Å². The molecule has 88 valence electrons. The minimum Gasteiger partial charge on any atom is -0.490 e. The Balaban J connectivity index is 3.04. The van der Waals surface area contributed by atoms with Crippen LogP contribution in [0.4, 0.5) is 5.69 Å². The van der Waals surface area contributed by atoms with E-state index in [1.54, 1.807) is 0 Å². The van der Waals surface area contributed by atoms with Gasteiger partial charge < -0.3 is 10.1 Å². The molecule has 0 aliphatic rings. The summed E-state index contributed by atoms with van der Waals surface area (Å²) in [6.45, 7) is 0.0681. The fourth-order valence-corrected chi connectivity index (χ4v) is 1.21. The second kappa shape index (κ2) is 5.51. The van der Waals surface area contributed by atoms with E-state index in [9.17, 15) is 14.9 Å². The van der Waals surface area contributed by atoms with Crippen molar-refractivity contribution in [3.63, 3.8) is 0 Å². The van der Waals surface area contributed by atoms with Crippen molar-refractivity contribution in [3.8, 4) is 18.1 Å². The highest BCUT2D eigenvalue weighted by atomic mass is 16.6. The van der Waals surface area contributed by atoms with Crippen molar-refractivity contribution in [2.24, 2.45) is 0 Å². The number of carbonyl (C=O) groups excluding carboxylic acids is 1. The summed E-state index contributed by atoms with van der Waals surface area (Å²) in [4.78, 5) is 21.6. The quantitative estimate of drug-likeness (QED) is 0.478. The predicted octanol–water partition coefficient (Wildman–Crippen LogP) is 0.966. The molecule has 6 nitrogen and oxygen atoms in total. The van der Waals surface area contributed by atoms with Gasteiger partial charge in [0, 0.05) is 11.6 Å². The molecule has 0 unspecified atom stereocenters. The van der Waals surface area contributed by atoms with E-state index in [0.717, 1.165) is 6.07 Å². The summed E-state index contributed by atoms with van der Waals surface area (Å²) in [7, 11) is 1.32. The van der Waals surface area contributed by atoms with Crippen LogP contribution >= 0.6 is 0 Å². The molecule has 1 amide bonds. The molecule has 0 saturated carbocycles. The smallest absolute Gasteiger partial charge is 0.311 e. The maximum atomic E-state index is 11.5. The van der Waals surface area contributed by atoms with Gasteiger partial charge in [-0.1, -0.05) is 5.92 Å². The van der Waals surface area contributed by atoms with Gasteiger partial charge in [0.2, 0.25) is 0 Å². The SMILES string of the molecule is C#CCNC(=O)c1ccc(OC)c([N+](=O)[O-])c1. The van der Waals surface area contributed by atoms with E-state index in [2.05, 4.69) is 11.2 Å². The van der Waals surface area contributed by atoms with E-state index >= 15 is 0 Å². The summed E-state index contributed by atoms with van der Waals surface area (Å²) in [6.07, 6.45) is 4.99. The van der Waals surface area contributed by atoms with Crippen molar-refractivity contribution < 1.29 is 14.5 Å². The third-order valence-electron chi connectivity index (χ3n) is 1.99. The highest BCUT2D eigenvalue weighted by Gasteiger charge is 2.17. The van der Waals surface area contributed by atoms with Crippen LogP contribution in [0.3, 0.4) is 0 Å². The largest absolute Gasteiger partial charge is 0.490 e. The highest BCUT2D eigenvalue weighted by molar-refractivity contribution is 5.95. The summed E-state index contributed by atoms with van der Waals surface area (Å²) in [5.74, 6) is 1.87. The fraction of sp³-hybridized carbons (Fsp3) is 0.182. The number of methoxy groups -OCH3 is 1. The van der Waals surface area contributed by atoms with Crippen LogP contribution in [-0.2, 0) is 0 Å². The van der Waals surface area contributed by atoms with Gasteiger partial charge in [-0.25, -0.2) is 0 Å². The van der Waals surface area contributed by atoms with E-state index in [1.165, 1.54) is 19.2 Å². The molecule has 0 aliphatic carbocycles. The molecule has 0 fully saturated rings. The van der Waals surface area contributed by atoms with Crippen LogP contribution in [0, 0.1) is 22.5 Å². The molecule has 0 aromatic heterocycles. The number of amides is 1. The molecule has 1 N–H and O–H groups in total. The van der Waals surface area contributed by atoms with Gasteiger partial charge in [-0.05, 0) is 12.1 Å². The number of nitro benzene ring substituents is 1. The average molecular weight is 234 g/mol. The molecule has 1 aromatic carbocycles. The third kappa shape index (κ3) is 2.95. The third-order valence-corrected chi connectivity index (χ3v) is 1.99. The number of nitro groups is 1.